The molecule has 136 valence electrons. The van der Waals surface area contributed by atoms with Crippen molar-refractivity contribution in [3.8, 4) is 11.3 Å². The van der Waals surface area contributed by atoms with Crippen LogP contribution in [0.25, 0.3) is 11.3 Å². The zero-order valence-corrected chi connectivity index (χ0v) is 16.1. The number of aromatic nitrogens is 1. The maximum absolute atomic E-state index is 12.7. The van der Waals surface area contributed by atoms with E-state index >= 15 is 0 Å². The summed E-state index contributed by atoms with van der Waals surface area (Å²) < 4.78 is 23.1. The number of benzene rings is 1. The fraction of sp³-hybridized carbons (Fsp3) is 0.375. The molecule has 9 heteroatoms. The molecule has 1 aromatic carbocycles. The molecule has 1 saturated heterocycles. The van der Waals surface area contributed by atoms with E-state index in [9.17, 15) is 13.2 Å². The third-order valence-electron chi connectivity index (χ3n) is 4.33. The Bertz CT molecular complexity index is 831. The van der Waals surface area contributed by atoms with Gasteiger partial charge in [-0.3, -0.25) is 4.79 Å². The lowest BCUT2D eigenvalue weighted by Crippen LogP contribution is -2.55. The van der Waals surface area contributed by atoms with Crippen LogP contribution in [0, 0.1) is 0 Å². The first-order valence-electron chi connectivity index (χ1n) is 7.65. The van der Waals surface area contributed by atoms with Crippen LogP contribution in [0.2, 0.25) is 0 Å². The monoisotopic (exact) mass is 401 g/mol. The minimum atomic E-state index is -3.53. The second-order valence-corrected chi connectivity index (χ2v) is 9.06. The fourth-order valence-electron chi connectivity index (χ4n) is 2.88. The van der Waals surface area contributed by atoms with Crippen LogP contribution in [-0.2, 0) is 14.6 Å². The third kappa shape index (κ3) is 4.03. The number of carbonyl (C=O) groups excluding carboxylic acids is 1. The molecule has 1 aliphatic heterocycles. The molecule has 0 bridgehead atoms. The maximum atomic E-state index is 12.7. The largest absolute Gasteiger partial charge is 0.317 e. The van der Waals surface area contributed by atoms with Crippen LogP contribution in [0.1, 0.15) is 12.8 Å². The van der Waals surface area contributed by atoms with Gasteiger partial charge in [0.05, 0.1) is 5.69 Å². The molecule has 1 amide bonds. The standard InChI is InChI=1S/C16H19N3O3S2.ClH/c1-24(21,22)16(7-9-17-10-8-16)14(20)19-15-18-13(11-23-15)12-5-3-2-4-6-12;/h2-6,11,17H,7-10H2,1H3,(H,18,19,20);1H. The Morgan fingerprint density at radius 2 is 1.88 bits per heavy atom. The number of anilines is 1. The van der Waals surface area contributed by atoms with Gasteiger partial charge in [0.2, 0.25) is 5.91 Å². The van der Waals surface area contributed by atoms with E-state index in [1.54, 1.807) is 0 Å². The van der Waals surface area contributed by atoms with Crippen molar-refractivity contribution in [3.63, 3.8) is 0 Å². The van der Waals surface area contributed by atoms with Gasteiger partial charge in [0.15, 0.2) is 19.7 Å². The van der Waals surface area contributed by atoms with Crippen LogP contribution < -0.4 is 10.6 Å². The highest BCUT2D eigenvalue weighted by atomic mass is 35.5. The van der Waals surface area contributed by atoms with Crippen molar-refractivity contribution >= 4 is 44.6 Å². The number of halogens is 1. The molecule has 1 aliphatic rings. The van der Waals surface area contributed by atoms with Crippen molar-refractivity contribution in [1.29, 1.82) is 0 Å². The van der Waals surface area contributed by atoms with E-state index in [0.717, 1.165) is 17.5 Å². The Morgan fingerprint density at radius 3 is 2.48 bits per heavy atom. The number of hydrogen-bond acceptors (Lipinski definition) is 6. The van der Waals surface area contributed by atoms with E-state index in [2.05, 4.69) is 15.6 Å². The summed E-state index contributed by atoms with van der Waals surface area (Å²) in [7, 11) is -3.53. The first-order chi connectivity index (χ1) is 11.4. The summed E-state index contributed by atoms with van der Waals surface area (Å²) in [6.07, 6.45) is 1.68. The van der Waals surface area contributed by atoms with Gasteiger partial charge in [-0.2, -0.15) is 0 Å². The quantitative estimate of drug-likeness (QED) is 0.820. The molecular formula is C16H20ClN3O3S2. The van der Waals surface area contributed by atoms with Gasteiger partial charge in [-0.15, -0.1) is 23.7 Å². The molecule has 1 fully saturated rings. The first-order valence-corrected chi connectivity index (χ1v) is 10.4. The number of piperidine rings is 1. The van der Waals surface area contributed by atoms with Gasteiger partial charge in [-0.1, -0.05) is 30.3 Å². The van der Waals surface area contributed by atoms with Crippen LogP contribution >= 0.6 is 23.7 Å². The fourth-order valence-corrected chi connectivity index (χ4v) is 4.93. The number of carbonyl (C=O) groups is 1. The summed E-state index contributed by atoms with van der Waals surface area (Å²) in [6, 6.07) is 9.63. The Labute approximate surface area is 157 Å². The highest BCUT2D eigenvalue weighted by Crippen LogP contribution is 2.31. The average molecular weight is 402 g/mol. The van der Waals surface area contributed by atoms with Crippen LogP contribution in [0.5, 0.6) is 0 Å². The first kappa shape index (κ1) is 19.8. The molecule has 2 N–H and O–H groups in total. The van der Waals surface area contributed by atoms with Gasteiger partial charge in [0.25, 0.3) is 0 Å². The molecular weight excluding hydrogens is 382 g/mol. The van der Waals surface area contributed by atoms with Gasteiger partial charge >= 0.3 is 0 Å². The lowest BCUT2D eigenvalue weighted by atomic mass is 9.96. The predicted molar refractivity (Wildman–Crippen MR) is 103 cm³/mol. The SMILES string of the molecule is CS(=O)(=O)C1(C(=O)Nc2nc(-c3ccccc3)cs2)CCNCC1.Cl. The topological polar surface area (TPSA) is 88.2 Å². The Morgan fingerprint density at radius 1 is 1.24 bits per heavy atom. The number of nitrogens with one attached hydrogen (secondary N) is 2. The number of sulfone groups is 1. The second kappa shape index (κ2) is 7.82. The molecule has 3 rings (SSSR count). The molecule has 0 radical (unpaired) electrons. The lowest BCUT2D eigenvalue weighted by Gasteiger charge is -2.33. The maximum Gasteiger partial charge on any atom is 0.247 e. The van der Waals surface area contributed by atoms with E-state index in [1.165, 1.54) is 11.3 Å². The second-order valence-electron chi connectivity index (χ2n) is 5.87. The van der Waals surface area contributed by atoms with E-state index in [-0.39, 0.29) is 25.2 Å². The van der Waals surface area contributed by atoms with Crippen molar-refractivity contribution < 1.29 is 13.2 Å². The van der Waals surface area contributed by atoms with E-state index in [0.29, 0.717) is 18.2 Å². The van der Waals surface area contributed by atoms with Crippen molar-refractivity contribution in [2.75, 3.05) is 24.7 Å². The molecule has 6 nitrogen and oxygen atoms in total. The van der Waals surface area contributed by atoms with E-state index in [4.69, 9.17) is 0 Å². The lowest BCUT2D eigenvalue weighted by molar-refractivity contribution is -0.119. The molecule has 1 aromatic heterocycles. The van der Waals surface area contributed by atoms with Crippen molar-refractivity contribution in [3.05, 3.63) is 35.7 Å². The van der Waals surface area contributed by atoms with Gasteiger partial charge in [0.1, 0.15) is 0 Å². The smallest absolute Gasteiger partial charge is 0.247 e. The number of amides is 1. The zero-order chi connectivity index (χ0) is 17.2. The van der Waals surface area contributed by atoms with E-state index in [1.807, 2.05) is 35.7 Å². The highest BCUT2D eigenvalue weighted by molar-refractivity contribution is 7.92. The molecule has 0 atom stereocenters. The van der Waals surface area contributed by atoms with Crippen molar-refractivity contribution in [1.82, 2.24) is 10.3 Å². The van der Waals surface area contributed by atoms with Crippen molar-refractivity contribution in [2.45, 2.75) is 17.6 Å². The molecule has 2 heterocycles. The Kier molecular flexibility index (Phi) is 6.21. The van der Waals surface area contributed by atoms with Crippen LogP contribution in [-0.4, -0.2) is 43.4 Å². The average Bonchev–Trinajstić information content (AvgIpc) is 3.04. The van der Waals surface area contributed by atoms with Crippen LogP contribution in [0.3, 0.4) is 0 Å². The summed E-state index contributed by atoms with van der Waals surface area (Å²) in [5, 5.41) is 8.07. The number of thiazole rings is 1. The molecule has 2 aromatic rings. The van der Waals surface area contributed by atoms with Crippen LogP contribution in [0.15, 0.2) is 35.7 Å². The van der Waals surface area contributed by atoms with Gasteiger partial charge < -0.3 is 10.6 Å². The third-order valence-corrected chi connectivity index (χ3v) is 7.10. The Balaban J connectivity index is 0.00000225. The minimum absolute atomic E-state index is 0. The summed E-state index contributed by atoms with van der Waals surface area (Å²) in [6.45, 7) is 1.02. The summed E-state index contributed by atoms with van der Waals surface area (Å²) in [5.74, 6) is -0.486. The molecule has 25 heavy (non-hydrogen) atoms. The summed E-state index contributed by atoms with van der Waals surface area (Å²) >= 11 is 1.29. The molecule has 0 aliphatic carbocycles. The predicted octanol–water partition coefficient (Wildman–Crippen LogP) is 2.34. The number of rotatable bonds is 4. The normalized spacial score (nSPS) is 16.7. The van der Waals surface area contributed by atoms with Gasteiger partial charge in [-0.05, 0) is 25.9 Å². The molecule has 0 unspecified atom stereocenters. The highest BCUT2D eigenvalue weighted by Gasteiger charge is 2.48. The number of hydrogen-bond donors (Lipinski definition) is 2. The summed E-state index contributed by atoms with van der Waals surface area (Å²) in [4.78, 5) is 17.1. The minimum Gasteiger partial charge on any atom is -0.317 e. The van der Waals surface area contributed by atoms with E-state index < -0.39 is 20.5 Å². The van der Waals surface area contributed by atoms with Crippen molar-refractivity contribution in [2.24, 2.45) is 0 Å². The number of nitrogens with zero attached hydrogens (tertiary/aromatic N) is 1. The van der Waals surface area contributed by atoms with Gasteiger partial charge in [-0.25, -0.2) is 13.4 Å². The summed E-state index contributed by atoms with van der Waals surface area (Å²) in [5.41, 5.74) is 1.71. The zero-order valence-electron chi connectivity index (χ0n) is 13.7. The molecule has 0 spiro atoms. The molecule has 0 saturated carbocycles. The van der Waals surface area contributed by atoms with Crippen LogP contribution in [0.4, 0.5) is 5.13 Å². The van der Waals surface area contributed by atoms with Gasteiger partial charge in [0, 0.05) is 17.2 Å². The Hall–Kier alpha value is -1.48.